The minimum absolute atomic E-state index is 0.187. The molecule has 2 bridgehead atoms. The lowest BCUT2D eigenvalue weighted by molar-refractivity contribution is -0.138. The van der Waals surface area contributed by atoms with Crippen LogP contribution in [0.15, 0.2) is 18.2 Å². The molecule has 3 saturated heterocycles. The number of carbonyl (C=O) groups excluding carboxylic acids is 2. The molecule has 3 aliphatic heterocycles. The Morgan fingerprint density at radius 1 is 1.35 bits per heavy atom. The van der Waals surface area contributed by atoms with Gasteiger partial charge in [-0.25, -0.2) is 4.90 Å². The highest BCUT2D eigenvalue weighted by Crippen LogP contribution is 2.55. The number of anilines is 1. The normalized spacial score (nSPS) is 35.8. The zero-order chi connectivity index (χ0) is 19.0. The van der Waals surface area contributed by atoms with Crippen LogP contribution < -0.4 is 4.90 Å². The number of nitrogens with zero attached hydrogens (tertiary/aromatic N) is 2. The van der Waals surface area contributed by atoms with E-state index >= 15 is 0 Å². The predicted octanol–water partition coefficient (Wildman–Crippen LogP) is 1.60. The van der Waals surface area contributed by atoms with Crippen molar-refractivity contribution in [3.05, 3.63) is 29.3 Å². The lowest BCUT2D eigenvalue weighted by Gasteiger charge is -2.27. The molecule has 1 N–H and O–H groups in total. The monoisotopic (exact) mass is 366 g/mol. The largest absolute Gasteiger partial charge is 0.417 e. The van der Waals surface area contributed by atoms with Crippen molar-refractivity contribution in [3.63, 3.8) is 0 Å². The molecule has 0 spiro atoms. The van der Waals surface area contributed by atoms with Gasteiger partial charge in [-0.15, -0.1) is 0 Å². The average molecular weight is 366 g/mol. The Hall–Kier alpha value is -2.44. The molecule has 3 aliphatic rings. The molecule has 5 atom stereocenters. The van der Waals surface area contributed by atoms with Crippen molar-refractivity contribution in [2.24, 2.45) is 11.8 Å². The molecule has 0 aromatic heterocycles. The van der Waals surface area contributed by atoms with E-state index in [2.05, 4.69) is 0 Å². The van der Waals surface area contributed by atoms with Gasteiger partial charge in [0.15, 0.2) is 0 Å². The Labute approximate surface area is 145 Å². The number of aliphatic hydroxyl groups is 1. The number of amides is 2. The van der Waals surface area contributed by atoms with Crippen molar-refractivity contribution in [1.82, 2.24) is 0 Å². The third-order valence-electron chi connectivity index (χ3n) is 5.45. The first kappa shape index (κ1) is 17.0. The van der Waals surface area contributed by atoms with Crippen molar-refractivity contribution in [1.29, 1.82) is 5.26 Å². The maximum absolute atomic E-state index is 13.2. The fourth-order valence-electron chi connectivity index (χ4n) is 4.40. The summed E-state index contributed by atoms with van der Waals surface area (Å²) in [5.41, 5.74) is -3.06. The number of fused-ring (bicyclic) bond motifs is 5. The average Bonchev–Trinajstić information content (AvgIpc) is 3.12. The number of nitriles is 1. The Bertz CT molecular complexity index is 878. The molecule has 0 radical (unpaired) electrons. The molecule has 0 saturated carbocycles. The third-order valence-corrected chi connectivity index (χ3v) is 5.45. The van der Waals surface area contributed by atoms with Crippen LogP contribution in [-0.2, 0) is 20.5 Å². The molecule has 136 valence electrons. The van der Waals surface area contributed by atoms with Crippen LogP contribution in [0.5, 0.6) is 0 Å². The summed E-state index contributed by atoms with van der Waals surface area (Å²) in [6.45, 7) is 1.62. The smallest absolute Gasteiger partial charge is 0.390 e. The van der Waals surface area contributed by atoms with Gasteiger partial charge in [-0.2, -0.15) is 18.4 Å². The van der Waals surface area contributed by atoms with Gasteiger partial charge in [0, 0.05) is 6.42 Å². The van der Waals surface area contributed by atoms with E-state index < -0.39 is 58.8 Å². The van der Waals surface area contributed by atoms with Crippen LogP contribution in [0.3, 0.4) is 0 Å². The molecule has 1 aromatic rings. The second kappa shape index (κ2) is 5.05. The zero-order valence-electron chi connectivity index (χ0n) is 13.4. The standard InChI is InChI=1S/C17H13F3N2O4/c1-16-5-10(23)13(26-16)11-12(16)15(25)22(14(11)24)8-3-2-7(6-21)9(4-8)17(18,19)20/h2-4,10-13,23H,5H2,1H3/t10-,11-,12+,13-,16+/m1/s1. The first-order chi connectivity index (χ1) is 12.1. The van der Waals surface area contributed by atoms with E-state index in [0.717, 1.165) is 17.0 Å². The number of imide groups is 1. The summed E-state index contributed by atoms with van der Waals surface area (Å²) in [5.74, 6) is -3.09. The molecule has 0 aliphatic carbocycles. The molecule has 2 amide bonds. The van der Waals surface area contributed by atoms with Crippen molar-refractivity contribution in [2.45, 2.75) is 37.3 Å². The second-order valence-electron chi connectivity index (χ2n) is 7.02. The summed E-state index contributed by atoms with van der Waals surface area (Å²) in [5, 5.41) is 18.9. The summed E-state index contributed by atoms with van der Waals surface area (Å²) in [4.78, 5) is 26.3. The van der Waals surface area contributed by atoms with E-state index in [1.165, 1.54) is 6.07 Å². The summed E-state index contributed by atoms with van der Waals surface area (Å²) >= 11 is 0. The number of benzene rings is 1. The van der Waals surface area contributed by atoms with E-state index in [1.54, 1.807) is 6.92 Å². The SMILES string of the molecule is C[C@@]12C[C@@H](O)[C@@H](O1)[C@@H]1C(=O)N(c3ccc(C#N)c(C(F)(F)F)c3)C(=O)[C@H]12. The number of ether oxygens (including phenoxy) is 1. The molecule has 26 heavy (non-hydrogen) atoms. The predicted molar refractivity (Wildman–Crippen MR) is 79.5 cm³/mol. The quantitative estimate of drug-likeness (QED) is 0.763. The van der Waals surface area contributed by atoms with Gasteiger partial charge in [-0.3, -0.25) is 9.59 Å². The maximum atomic E-state index is 13.2. The van der Waals surface area contributed by atoms with Crippen molar-refractivity contribution in [3.8, 4) is 6.07 Å². The van der Waals surface area contributed by atoms with Gasteiger partial charge >= 0.3 is 6.18 Å². The van der Waals surface area contributed by atoms with Gasteiger partial charge in [-0.1, -0.05) is 0 Å². The second-order valence-corrected chi connectivity index (χ2v) is 7.02. The zero-order valence-corrected chi connectivity index (χ0v) is 13.4. The fourth-order valence-corrected chi connectivity index (χ4v) is 4.40. The highest BCUT2D eigenvalue weighted by atomic mass is 19.4. The Morgan fingerprint density at radius 2 is 2.04 bits per heavy atom. The third kappa shape index (κ3) is 2.06. The minimum Gasteiger partial charge on any atom is -0.390 e. The summed E-state index contributed by atoms with van der Waals surface area (Å²) in [7, 11) is 0. The molecule has 6 nitrogen and oxygen atoms in total. The lowest BCUT2D eigenvalue weighted by atomic mass is 9.73. The van der Waals surface area contributed by atoms with E-state index in [-0.39, 0.29) is 12.1 Å². The molecule has 3 fully saturated rings. The van der Waals surface area contributed by atoms with Crippen LogP contribution in [0, 0.1) is 23.2 Å². The van der Waals surface area contributed by atoms with Crippen molar-refractivity contribution < 1.29 is 32.6 Å². The summed E-state index contributed by atoms with van der Waals surface area (Å²) in [6.07, 6.45) is -6.35. The van der Waals surface area contributed by atoms with Gasteiger partial charge in [0.05, 0.1) is 52.5 Å². The van der Waals surface area contributed by atoms with Gasteiger partial charge < -0.3 is 9.84 Å². The number of rotatable bonds is 1. The van der Waals surface area contributed by atoms with Crippen LogP contribution in [-0.4, -0.2) is 34.7 Å². The van der Waals surface area contributed by atoms with E-state index in [9.17, 15) is 27.9 Å². The van der Waals surface area contributed by atoms with Crippen LogP contribution in [0.4, 0.5) is 18.9 Å². The molecular weight excluding hydrogens is 353 g/mol. The Kier molecular flexibility index (Phi) is 3.30. The van der Waals surface area contributed by atoms with Gasteiger partial charge in [0.25, 0.3) is 0 Å². The van der Waals surface area contributed by atoms with Crippen LogP contribution in [0.1, 0.15) is 24.5 Å². The highest BCUT2D eigenvalue weighted by molar-refractivity contribution is 6.23. The maximum Gasteiger partial charge on any atom is 0.417 e. The first-order valence-corrected chi connectivity index (χ1v) is 7.93. The Balaban J connectivity index is 1.78. The molecule has 3 heterocycles. The molecule has 1 aromatic carbocycles. The summed E-state index contributed by atoms with van der Waals surface area (Å²) < 4.78 is 45.2. The van der Waals surface area contributed by atoms with Crippen molar-refractivity contribution in [2.75, 3.05) is 4.90 Å². The molecule has 9 heteroatoms. The fraction of sp³-hybridized carbons (Fsp3) is 0.471. The van der Waals surface area contributed by atoms with Crippen LogP contribution in [0.25, 0.3) is 0 Å². The number of carbonyl (C=O) groups is 2. The number of hydrogen-bond donors (Lipinski definition) is 1. The topological polar surface area (TPSA) is 90.6 Å². The lowest BCUT2D eigenvalue weighted by Crippen LogP contribution is -2.42. The highest BCUT2D eigenvalue weighted by Gasteiger charge is 2.70. The van der Waals surface area contributed by atoms with E-state index in [4.69, 9.17) is 10.00 Å². The van der Waals surface area contributed by atoms with Crippen molar-refractivity contribution >= 4 is 17.5 Å². The van der Waals surface area contributed by atoms with E-state index in [1.807, 2.05) is 0 Å². The van der Waals surface area contributed by atoms with Crippen LogP contribution >= 0.6 is 0 Å². The van der Waals surface area contributed by atoms with E-state index in [0.29, 0.717) is 6.07 Å². The molecule has 4 rings (SSSR count). The number of alkyl halides is 3. The number of halogens is 3. The molecular formula is C17H13F3N2O4. The minimum atomic E-state index is -4.80. The van der Waals surface area contributed by atoms with Crippen LogP contribution in [0.2, 0.25) is 0 Å². The first-order valence-electron chi connectivity index (χ1n) is 7.93. The number of hydrogen-bond acceptors (Lipinski definition) is 5. The Morgan fingerprint density at radius 3 is 2.65 bits per heavy atom. The van der Waals surface area contributed by atoms with Gasteiger partial charge in [0.2, 0.25) is 11.8 Å². The van der Waals surface area contributed by atoms with Gasteiger partial charge in [-0.05, 0) is 25.1 Å². The summed E-state index contributed by atoms with van der Waals surface area (Å²) in [6, 6.07) is 4.18. The number of aliphatic hydroxyl groups excluding tert-OH is 1. The van der Waals surface area contributed by atoms with Gasteiger partial charge in [0.1, 0.15) is 0 Å². The molecule has 0 unspecified atom stereocenters.